The predicted molar refractivity (Wildman–Crippen MR) is 67.6 cm³/mol. The van der Waals surface area contributed by atoms with E-state index < -0.39 is 0 Å². The maximum Gasteiger partial charge on any atom is 0.315 e. The molecule has 2 heterocycles. The molecule has 2 atom stereocenters. The summed E-state index contributed by atoms with van der Waals surface area (Å²) in [4.78, 5) is 14.0. The quantitative estimate of drug-likeness (QED) is 0.732. The van der Waals surface area contributed by atoms with Crippen LogP contribution in [0.3, 0.4) is 0 Å². The molecule has 2 rings (SSSR count). The van der Waals surface area contributed by atoms with Crippen LogP contribution >= 0.6 is 0 Å². The summed E-state index contributed by atoms with van der Waals surface area (Å²) in [5, 5.41) is 5.89. The lowest BCUT2D eigenvalue weighted by Crippen LogP contribution is -2.50. The molecule has 6 heteroatoms. The molecule has 2 aliphatic heterocycles. The van der Waals surface area contributed by atoms with Crippen LogP contribution in [0.2, 0.25) is 0 Å². The first-order chi connectivity index (χ1) is 8.74. The lowest BCUT2D eigenvalue weighted by molar-refractivity contribution is 0.0349. The van der Waals surface area contributed by atoms with Gasteiger partial charge in [0, 0.05) is 32.3 Å². The van der Waals surface area contributed by atoms with Gasteiger partial charge in [-0.25, -0.2) is 4.79 Å². The van der Waals surface area contributed by atoms with Crippen molar-refractivity contribution < 1.29 is 14.3 Å². The average molecular weight is 257 g/mol. The Morgan fingerprint density at radius 3 is 2.78 bits per heavy atom. The highest BCUT2D eigenvalue weighted by Gasteiger charge is 2.19. The third-order valence-corrected chi connectivity index (χ3v) is 3.28. The molecule has 2 fully saturated rings. The number of carbonyl (C=O) groups is 1. The van der Waals surface area contributed by atoms with Gasteiger partial charge >= 0.3 is 6.03 Å². The molecular weight excluding hydrogens is 234 g/mol. The molecule has 104 valence electrons. The smallest absolute Gasteiger partial charge is 0.315 e. The van der Waals surface area contributed by atoms with Crippen molar-refractivity contribution in [2.24, 2.45) is 0 Å². The van der Waals surface area contributed by atoms with Gasteiger partial charge in [-0.3, -0.25) is 4.90 Å². The number of hydrogen-bond donors (Lipinski definition) is 2. The summed E-state index contributed by atoms with van der Waals surface area (Å²) in [7, 11) is 0. The van der Waals surface area contributed by atoms with Gasteiger partial charge in [0.05, 0.1) is 25.9 Å². The van der Waals surface area contributed by atoms with Crippen molar-refractivity contribution in [3.05, 3.63) is 0 Å². The van der Waals surface area contributed by atoms with E-state index in [1.54, 1.807) is 0 Å². The van der Waals surface area contributed by atoms with Crippen molar-refractivity contribution >= 4 is 6.03 Å². The summed E-state index contributed by atoms with van der Waals surface area (Å²) in [6, 6.07) is 0.220. The average Bonchev–Trinajstić information content (AvgIpc) is 2.82. The number of nitrogens with zero attached hydrogens (tertiary/aromatic N) is 1. The molecule has 0 aromatic carbocycles. The van der Waals surface area contributed by atoms with Crippen LogP contribution in [0.25, 0.3) is 0 Å². The van der Waals surface area contributed by atoms with Crippen LogP contribution in [-0.4, -0.2) is 69.1 Å². The molecule has 0 bridgehead atoms. The SMILES string of the molecule is CC(CN1CCOCC1)NC(=O)NC1CCOC1. The van der Waals surface area contributed by atoms with Crippen molar-refractivity contribution in [1.82, 2.24) is 15.5 Å². The van der Waals surface area contributed by atoms with Crippen LogP contribution in [0.1, 0.15) is 13.3 Å². The van der Waals surface area contributed by atoms with E-state index in [9.17, 15) is 4.79 Å². The van der Waals surface area contributed by atoms with Gasteiger partial charge in [0.2, 0.25) is 0 Å². The lowest BCUT2D eigenvalue weighted by atomic mass is 10.2. The van der Waals surface area contributed by atoms with Crippen molar-refractivity contribution in [3.63, 3.8) is 0 Å². The van der Waals surface area contributed by atoms with E-state index in [1.807, 2.05) is 6.92 Å². The summed E-state index contributed by atoms with van der Waals surface area (Å²) < 4.78 is 10.5. The molecule has 0 saturated carbocycles. The first-order valence-electron chi connectivity index (χ1n) is 6.69. The minimum Gasteiger partial charge on any atom is -0.379 e. The molecule has 2 N–H and O–H groups in total. The number of morpholine rings is 1. The van der Waals surface area contributed by atoms with Gasteiger partial charge in [-0.2, -0.15) is 0 Å². The Hall–Kier alpha value is -0.850. The lowest BCUT2D eigenvalue weighted by Gasteiger charge is -2.29. The Kier molecular flexibility index (Phi) is 5.22. The topological polar surface area (TPSA) is 62.8 Å². The molecule has 0 aromatic heterocycles. The summed E-state index contributed by atoms with van der Waals surface area (Å²) >= 11 is 0. The molecular formula is C12H23N3O3. The minimum atomic E-state index is -0.0914. The van der Waals surface area contributed by atoms with Gasteiger partial charge < -0.3 is 20.1 Å². The van der Waals surface area contributed by atoms with E-state index >= 15 is 0 Å². The third kappa shape index (κ3) is 4.44. The van der Waals surface area contributed by atoms with E-state index in [1.165, 1.54) is 0 Å². The molecule has 2 aliphatic rings. The number of ether oxygens (including phenoxy) is 2. The van der Waals surface area contributed by atoms with E-state index in [-0.39, 0.29) is 18.1 Å². The number of urea groups is 1. The Morgan fingerprint density at radius 2 is 2.11 bits per heavy atom. The zero-order chi connectivity index (χ0) is 12.8. The molecule has 0 aliphatic carbocycles. The number of hydrogen-bond acceptors (Lipinski definition) is 4. The van der Waals surface area contributed by atoms with Gasteiger partial charge in [0.1, 0.15) is 0 Å². The molecule has 2 saturated heterocycles. The number of carbonyl (C=O) groups excluding carboxylic acids is 1. The minimum absolute atomic E-state index is 0.0914. The molecule has 6 nitrogen and oxygen atoms in total. The first-order valence-corrected chi connectivity index (χ1v) is 6.69. The highest BCUT2D eigenvalue weighted by molar-refractivity contribution is 5.74. The van der Waals surface area contributed by atoms with Crippen molar-refractivity contribution in [2.45, 2.75) is 25.4 Å². The number of rotatable bonds is 4. The zero-order valence-corrected chi connectivity index (χ0v) is 11.0. The van der Waals surface area contributed by atoms with E-state index in [0.29, 0.717) is 6.61 Å². The fourth-order valence-corrected chi connectivity index (χ4v) is 2.32. The third-order valence-electron chi connectivity index (χ3n) is 3.28. The molecule has 2 amide bonds. The summed E-state index contributed by atoms with van der Waals surface area (Å²) in [6.07, 6.45) is 0.908. The van der Waals surface area contributed by atoms with E-state index in [2.05, 4.69) is 15.5 Å². The van der Waals surface area contributed by atoms with Crippen LogP contribution in [0.5, 0.6) is 0 Å². The fraction of sp³-hybridized carbons (Fsp3) is 0.917. The first kappa shape index (κ1) is 13.6. The maximum atomic E-state index is 11.7. The summed E-state index contributed by atoms with van der Waals surface area (Å²) in [5.41, 5.74) is 0. The zero-order valence-electron chi connectivity index (χ0n) is 11.0. The van der Waals surface area contributed by atoms with Gasteiger partial charge in [0.25, 0.3) is 0 Å². The molecule has 0 radical (unpaired) electrons. The normalized spacial score (nSPS) is 26.8. The number of nitrogens with one attached hydrogen (secondary N) is 2. The Bertz CT molecular complexity index is 263. The van der Waals surface area contributed by atoms with Gasteiger partial charge in [-0.15, -0.1) is 0 Å². The van der Waals surface area contributed by atoms with Gasteiger partial charge in [0.15, 0.2) is 0 Å². The predicted octanol–water partition coefficient (Wildman–Crippen LogP) is -0.205. The van der Waals surface area contributed by atoms with Crippen LogP contribution in [0, 0.1) is 0 Å². The van der Waals surface area contributed by atoms with Crippen LogP contribution < -0.4 is 10.6 Å². The maximum absolute atomic E-state index is 11.7. The van der Waals surface area contributed by atoms with Crippen molar-refractivity contribution in [1.29, 1.82) is 0 Å². The standard InChI is InChI=1S/C12H23N3O3/c1-10(8-15-3-6-17-7-4-15)13-12(16)14-11-2-5-18-9-11/h10-11H,2-9H2,1H3,(H2,13,14,16). The van der Waals surface area contributed by atoms with Crippen molar-refractivity contribution in [2.75, 3.05) is 46.1 Å². The van der Waals surface area contributed by atoms with Crippen LogP contribution in [0.15, 0.2) is 0 Å². The number of amides is 2. The monoisotopic (exact) mass is 257 g/mol. The second kappa shape index (κ2) is 6.92. The summed E-state index contributed by atoms with van der Waals surface area (Å²) in [5.74, 6) is 0. The van der Waals surface area contributed by atoms with Gasteiger partial charge in [-0.1, -0.05) is 0 Å². The Balaban J connectivity index is 1.62. The van der Waals surface area contributed by atoms with E-state index in [0.717, 1.165) is 45.9 Å². The van der Waals surface area contributed by atoms with E-state index in [4.69, 9.17) is 9.47 Å². The molecule has 18 heavy (non-hydrogen) atoms. The van der Waals surface area contributed by atoms with Crippen LogP contribution in [0.4, 0.5) is 4.79 Å². The molecule has 0 aromatic rings. The summed E-state index contributed by atoms with van der Waals surface area (Å²) in [6.45, 7) is 7.75. The Morgan fingerprint density at radius 1 is 1.33 bits per heavy atom. The molecule has 2 unspecified atom stereocenters. The van der Waals surface area contributed by atoms with Crippen LogP contribution in [-0.2, 0) is 9.47 Å². The van der Waals surface area contributed by atoms with Gasteiger partial charge in [-0.05, 0) is 13.3 Å². The second-order valence-electron chi connectivity index (χ2n) is 4.99. The second-order valence-corrected chi connectivity index (χ2v) is 4.99. The largest absolute Gasteiger partial charge is 0.379 e. The van der Waals surface area contributed by atoms with Crippen molar-refractivity contribution in [3.8, 4) is 0 Å². The molecule has 0 spiro atoms. The Labute approximate surface area is 108 Å². The highest BCUT2D eigenvalue weighted by atomic mass is 16.5. The fourth-order valence-electron chi connectivity index (χ4n) is 2.32. The highest BCUT2D eigenvalue weighted by Crippen LogP contribution is 2.03.